The second kappa shape index (κ2) is 5.82. The number of amides is 1. The highest BCUT2D eigenvalue weighted by molar-refractivity contribution is 5.79. The van der Waals surface area contributed by atoms with Crippen LogP contribution in [0.5, 0.6) is 0 Å². The molecule has 0 aliphatic carbocycles. The smallest absolute Gasteiger partial charge is 0.232 e. The van der Waals surface area contributed by atoms with Crippen LogP contribution >= 0.6 is 0 Å². The molecule has 5 nitrogen and oxygen atoms in total. The van der Waals surface area contributed by atoms with Gasteiger partial charge in [-0.15, -0.1) is 0 Å². The van der Waals surface area contributed by atoms with Crippen LogP contribution in [-0.2, 0) is 11.2 Å². The summed E-state index contributed by atoms with van der Waals surface area (Å²) in [6, 6.07) is 3.68. The normalized spacial score (nSPS) is 18.2. The minimum atomic E-state index is -0.639. The molecule has 0 N–H and O–H groups in total. The van der Waals surface area contributed by atoms with Gasteiger partial charge in [0.2, 0.25) is 11.8 Å². The summed E-state index contributed by atoms with van der Waals surface area (Å²) in [7, 11) is 0. The first kappa shape index (κ1) is 14.6. The van der Waals surface area contributed by atoms with Crippen molar-refractivity contribution < 1.29 is 18.1 Å². The summed E-state index contributed by atoms with van der Waals surface area (Å²) in [5, 5.41) is 3.76. The number of nitrogens with zero attached hydrogens (tertiary/aromatic N) is 3. The van der Waals surface area contributed by atoms with Crippen molar-refractivity contribution in [2.45, 2.75) is 25.7 Å². The second-order valence-corrected chi connectivity index (χ2v) is 5.26. The van der Waals surface area contributed by atoms with Crippen LogP contribution in [0, 0.1) is 11.6 Å². The number of hydrogen-bond donors (Lipinski definition) is 0. The van der Waals surface area contributed by atoms with E-state index in [1.807, 2.05) is 6.92 Å². The van der Waals surface area contributed by atoms with Crippen LogP contribution in [-0.4, -0.2) is 34.0 Å². The lowest BCUT2D eigenvalue weighted by molar-refractivity contribution is -0.127. The molecule has 1 saturated heterocycles. The first-order valence-electron chi connectivity index (χ1n) is 7.11. The van der Waals surface area contributed by atoms with E-state index in [9.17, 15) is 13.6 Å². The van der Waals surface area contributed by atoms with Gasteiger partial charge in [-0.05, 0) is 19.1 Å². The molecule has 2 heterocycles. The predicted molar refractivity (Wildman–Crippen MR) is 73.1 cm³/mol. The van der Waals surface area contributed by atoms with Gasteiger partial charge >= 0.3 is 0 Å². The number of likely N-dealkylation sites (N-methyl/N-ethyl adjacent to an activating group) is 1. The Morgan fingerprint density at radius 2 is 2.09 bits per heavy atom. The minimum absolute atomic E-state index is 0.0485. The molecule has 0 unspecified atom stereocenters. The highest BCUT2D eigenvalue weighted by atomic mass is 19.1. The Balaban J connectivity index is 1.76. The first-order chi connectivity index (χ1) is 10.6. The van der Waals surface area contributed by atoms with Crippen LogP contribution in [0.4, 0.5) is 8.78 Å². The molecule has 1 aromatic carbocycles. The second-order valence-electron chi connectivity index (χ2n) is 5.26. The third-order valence-corrected chi connectivity index (χ3v) is 3.83. The molecule has 1 aliphatic heterocycles. The summed E-state index contributed by atoms with van der Waals surface area (Å²) in [4.78, 5) is 17.6. The third-order valence-electron chi connectivity index (χ3n) is 3.83. The van der Waals surface area contributed by atoms with Crippen molar-refractivity contribution >= 4 is 5.91 Å². The molecule has 116 valence electrons. The van der Waals surface area contributed by atoms with E-state index in [-0.39, 0.29) is 29.6 Å². The Bertz CT molecular complexity index is 682. The number of rotatable bonds is 4. The highest BCUT2D eigenvalue weighted by Crippen LogP contribution is 2.27. The van der Waals surface area contributed by atoms with Crippen LogP contribution in [0.1, 0.15) is 36.5 Å². The molecule has 0 radical (unpaired) electrons. The van der Waals surface area contributed by atoms with E-state index in [2.05, 4.69) is 10.1 Å². The monoisotopic (exact) mass is 307 g/mol. The van der Waals surface area contributed by atoms with Gasteiger partial charge in [0.25, 0.3) is 0 Å². The van der Waals surface area contributed by atoms with Gasteiger partial charge in [0.05, 0.1) is 5.92 Å². The van der Waals surface area contributed by atoms with E-state index >= 15 is 0 Å². The average Bonchev–Trinajstić information content (AvgIpc) is 3.09. The fourth-order valence-corrected chi connectivity index (χ4v) is 2.61. The molecule has 3 rings (SSSR count). The third kappa shape index (κ3) is 2.70. The van der Waals surface area contributed by atoms with Gasteiger partial charge < -0.3 is 9.42 Å². The predicted octanol–water partition coefficient (Wildman–Crippen LogP) is 2.27. The highest BCUT2D eigenvalue weighted by Gasteiger charge is 2.33. The van der Waals surface area contributed by atoms with Crippen molar-refractivity contribution in [3.63, 3.8) is 0 Å². The van der Waals surface area contributed by atoms with Crippen molar-refractivity contribution in [2.75, 3.05) is 13.1 Å². The Kier molecular flexibility index (Phi) is 3.87. The Labute approximate surface area is 125 Å². The molecule has 1 fully saturated rings. The maximum Gasteiger partial charge on any atom is 0.232 e. The van der Waals surface area contributed by atoms with E-state index in [1.165, 1.54) is 18.2 Å². The van der Waals surface area contributed by atoms with Gasteiger partial charge in [0.1, 0.15) is 11.6 Å². The molecule has 1 aromatic heterocycles. The summed E-state index contributed by atoms with van der Waals surface area (Å²) in [6.07, 6.45) is 0.240. The van der Waals surface area contributed by atoms with Crippen molar-refractivity contribution in [3.8, 4) is 0 Å². The van der Waals surface area contributed by atoms with Gasteiger partial charge in [-0.1, -0.05) is 11.2 Å². The summed E-state index contributed by atoms with van der Waals surface area (Å²) in [5.41, 5.74) is -0.0902. The van der Waals surface area contributed by atoms with Crippen molar-refractivity contribution in [3.05, 3.63) is 47.1 Å². The standard InChI is InChI=1S/C15H15F2N3O2/c1-2-20-8-9(6-14(20)21)15-18-13(19-22-15)7-10-11(16)4-3-5-12(10)17/h3-5,9H,2,6-8H2,1H3/t9-/m0/s1. The van der Waals surface area contributed by atoms with E-state index in [0.29, 0.717) is 25.4 Å². The molecule has 0 bridgehead atoms. The topological polar surface area (TPSA) is 59.2 Å². The molecule has 1 atom stereocenters. The summed E-state index contributed by atoms with van der Waals surface area (Å²) >= 11 is 0. The zero-order valence-electron chi connectivity index (χ0n) is 12.1. The maximum atomic E-state index is 13.6. The number of carbonyl (C=O) groups excluding carboxylic acids is 1. The maximum absolute atomic E-state index is 13.6. The zero-order valence-corrected chi connectivity index (χ0v) is 12.1. The lowest BCUT2D eigenvalue weighted by Crippen LogP contribution is -2.24. The zero-order chi connectivity index (χ0) is 15.7. The van der Waals surface area contributed by atoms with E-state index in [0.717, 1.165) is 0 Å². The molecule has 0 spiro atoms. The van der Waals surface area contributed by atoms with E-state index in [4.69, 9.17) is 4.52 Å². The summed E-state index contributed by atoms with van der Waals surface area (Å²) in [6.45, 7) is 3.07. The lowest BCUT2D eigenvalue weighted by Gasteiger charge is -2.11. The quantitative estimate of drug-likeness (QED) is 0.869. The van der Waals surface area contributed by atoms with Crippen LogP contribution in [0.15, 0.2) is 22.7 Å². The van der Waals surface area contributed by atoms with Gasteiger partial charge in [-0.25, -0.2) is 8.78 Å². The van der Waals surface area contributed by atoms with Crippen LogP contribution in [0.3, 0.4) is 0 Å². The van der Waals surface area contributed by atoms with Gasteiger partial charge in [-0.2, -0.15) is 4.98 Å². The Morgan fingerprint density at radius 3 is 2.73 bits per heavy atom. The number of carbonyl (C=O) groups is 1. The van der Waals surface area contributed by atoms with Crippen molar-refractivity contribution in [2.24, 2.45) is 0 Å². The van der Waals surface area contributed by atoms with Crippen LogP contribution < -0.4 is 0 Å². The number of likely N-dealkylation sites (tertiary alicyclic amines) is 1. The van der Waals surface area contributed by atoms with Gasteiger partial charge in [-0.3, -0.25) is 4.79 Å². The molecule has 1 amide bonds. The minimum Gasteiger partial charge on any atom is -0.342 e. The summed E-state index contributed by atoms with van der Waals surface area (Å²) < 4.78 is 32.4. The van der Waals surface area contributed by atoms with Gasteiger partial charge in [0.15, 0.2) is 5.82 Å². The van der Waals surface area contributed by atoms with Crippen molar-refractivity contribution in [1.82, 2.24) is 15.0 Å². The summed E-state index contributed by atoms with van der Waals surface area (Å²) in [5.74, 6) is -0.830. The molecular weight excluding hydrogens is 292 g/mol. The number of aromatic nitrogens is 2. The Hall–Kier alpha value is -2.31. The van der Waals surface area contributed by atoms with Gasteiger partial charge in [0, 0.05) is 31.5 Å². The fourth-order valence-electron chi connectivity index (χ4n) is 2.61. The largest absolute Gasteiger partial charge is 0.342 e. The fraction of sp³-hybridized carbons (Fsp3) is 0.400. The molecule has 1 aliphatic rings. The van der Waals surface area contributed by atoms with E-state index < -0.39 is 11.6 Å². The molecule has 2 aromatic rings. The molecule has 22 heavy (non-hydrogen) atoms. The lowest BCUT2D eigenvalue weighted by atomic mass is 10.1. The SMILES string of the molecule is CCN1C[C@@H](c2nc(Cc3c(F)cccc3F)no2)CC1=O. The number of benzene rings is 1. The van der Waals surface area contributed by atoms with Crippen molar-refractivity contribution in [1.29, 1.82) is 0 Å². The van der Waals surface area contributed by atoms with Crippen LogP contribution in [0.25, 0.3) is 0 Å². The Morgan fingerprint density at radius 1 is 1.36 bits per heavy atom. The molecule has 0 saturated carbocycles. The number of halogens is 2. The average molecular weight is 307 g/mol. The first-order valence-corrected chi connectivity index (χ1v) is 7.11. The molecule has 7 heteroatoms. The molecular formula is C15H15F2N3O2. The van der Waals surface area contributed by atoms with Crippen LogP contribution in [0.2, 0.25) is 0 Å². The number of hydrogen-bond acceptors (Lipinski definition) is 4. The van der Waals surface area contributed by atoms with E-state index in [1.54, 1.807) is 4.90 Å².